The van der Waals surface area contributed by atoms with Gasteiger partial charge in [-0.1, -0.05) is 0 Å². The van der Waals surface area contributed by atoms with Crippen LogP contribution in [0, 0.1) is 0 Å². The van der Waals surface area contributed by atoms with E-state index in [-0.39, 0.29) is 0 Å². The molecule has 30 heavy (non-hydrogen) atoms. The summed E-state index contributed by atoms with van der Waals surface area (Å²) in [5, 5.41) is 2.12. The summed E-state index contributed by atoms with van der Waals surface area (Å²) in [6.07, 6.45) is 3.59. The van der Waals surface area contributed by atoms with Crippen molar-refractivity contribution in [2.24, 2.45) is 0 Å². The monoisotopic (exact) mass is 469 g/mol. The van der Waals surface area contributed by atoms with Gasteiger partial charge in [0, 0.05) is 0 Å². The van der Waals surface area contributed by atoms with Gasteiger partial charge in [0.2, 0.25) is 0 Å². The molecular weight excluding hydrogens is 452 g/mol. The summed E-state index contributed by atoms with van der Waals surface area (Å²) in [6, 6.07) is 30.4. The summed E-state index contributed by atoms with van der Waals surface area (Å²) < 4.78 is 13.9. The molecule has 0 aliphatic heterocycles. The Kier molecular flexibility index (Phi) is 5.54. The fourth-order valence-electron chi connectivity index (χ4n) is 3.42. The van der Waals surface area contributed by atoms with Gasteiger partial charge in [0.05, 0.1) is 0 Å². The van der Waals surface area contributed by atoms with Gasteiger partial charge in [-0.15, -0.1) is 0 Å². The third kappa shape index (κ3) is 4.12. The topological polar surface area (TPSA) is 44.2 Å². The molecule has 5 aromatic rings. The van der Waals surface area contributed by atoms with Crippen molar-refractivity contribution in [3.63, 3.8) is 0 Å². The van der Waals surface area contributed by atoms with Crippen LogP contribution >= 0.6 is 0 Å². The first-order chi connectivity index (χ1) is 14.9. The molecule has 0 saturated carbocycles. The molecule has 0 amide bonds. The second-order valence-electron chi connectivity index (χ2n) is 6.90. The maximum atomic E-state index is 6.57. The van der Waals surface area contributed by atoms with Crippen LogP contribution in [0.15, 0.2) is 103 Å². The van der Waals surface area contributed by atoms with Crippen molar-refractivity contribution in [3.8, 4) is 11.5 Å². The fraction of sp³-hybridized carbons (Fsp3) is 0.0400. The molecule has 0 unspecified atom stereocenters. The van der Waals surface area contributed by atoms with Crippen LogP contribution in [-0.2, 0) is 26.8 Å². The van der Waals surface area contributed by atoms with Gasteiger partial charge in [-0.2, -0.15) is 0 Å². The number of para-hydroxylation sites is 2. The molecule has 2 heterocycles. The van der Waals surface area contributed by atoms with Crippen LogP contribution in [0.1, 0.15) is 5.56 Å². The van der Waals surface area contributed by atoms with Crippen molar-refractivity contribution in [2.45, 2.75) is 4.13 Å². The Morgan fingerprint density at radius 2 is 1.10 bits per heavy atom. The van der Waals surface area contributed by atoms with Crippen LogP contribution in [-0.4, -0.2) is 9.97 Å². The van der Waals surface area contributed by atoms with Crippen LogP contribution in [0.4, 0.5) is 0 Å². The number of hydrogen-bond donors (Lipinski definition) is 0. The number of fused-ring (bicyclic) bond motifs is 2. The van der Waals surface area contributed by atoms with Gasteiger partial charge in [-0.25, -0.2) is 0 Å². The van der Waals surface area contributed by atoms with Gasteiger partial charge < -0.3 is 0 Å². The molecular formula is C25H19N2O2Zr. The van der Waals surface area contributed by atoms with Gasteiger partial charge in [0.25, 0.3) is 0 Å². The molecule has 2 aromatic heterocycles. The number of aromatic nitrogens is 2. The van der Waals surface area contributed by atoms with Crippen LogP contribution in [0.25, 0.3) is 21.8 Å². The number of rotatable bonds is 6. The molecule has 3 aromatic carbocycles. The van der Waals surface area contributed by atoms with E-state index in [4.69, 9.17) is 5.63 Å². The molecule has 0 N–H and O–H groups in total. The molecule has 4 nitrogen and oxygen atoms in total. The van der Waals surface area contributed by atoms with Crippen molar-refractivity contribution in [1.82, 2.24) is 9.97 Å². The standard InChI is InChI=1S/2C9H7NO.C7H7.Zr/c2*11-8-5-1-3-7-4-2-6-10-9(7)8;1-7-5-3-2-4-6-7;/h2*1-6,11H;2-6H,1H2;/q;;;+2/p-2. The van der Waals surface area contributed by atoms with Gasteiger partial charge in [0.1, 0.15) is 0 Å². The minimum atomic E-state index is -2.91. The number of pyridine rings is 2. The third-order valence-electron chi connectivity index (χ3n) is 4.83. The van der Waals surface area contributed by atoms with Crippen molar-refractivity contribution < 1.29 is 28.3 Å². The molecule has 5 rings (SSSR count). The maximum absolute atomic E-state index is 6.57. The van der Waals surface area contributed by atoms with E-state index < -0.39 is 22.6 Å². The first-order valence-electron chi connectivity index (χ1n) is 9.80. The quantitative estimate of drug-likeness (QED) is 0.310. The van der Waals surface area contributed by atoms with E-state index in [1.807, 2.05) is 66.7 Å². The van der Waals surface area contributed by atoms with Crippen molar-refractivity contribution in [1.29, 1.82) is 0 Å². The molecule has 0 bridgehead atoms. The van der Waals surface area contributed by atoms with Crippen molar-refractivity contribution in [3.05, 3.63) is 109 Å². The summed E-state index contributed by atoms with van der Waals surface area (Å²) in [7, 11) is 0. The molecule has 0 fully saturated rings. The van der Waals surface area contributed by atoms with E-state index in [1.54, 1.807) is 12.4 Å². The molecule has 0 atom stereocenters. The first-order valence-corrected chi connectivity index (χ1v) is 13.5. The first kappa shape index (κ1) is 19.0. The average Bonchev–Trinajstić information content (AvgIpc) is 2.80. The van der Waals surface area contributed by atoms with Gasteiger partial charge in [-0.05, 0) is 0 Å². The summed E-state index contributed by atoms with van der Waals surface area (Å²) in [6.45, 7) is 0. The SMILES string of the molecule is c1ccc([CH2][Zr]([O]c2cccc3cccnc23)[O]c2cccc3cccnc23)cc1. The third-order valence-corrected chi connectivity index (χ3v) is 8.74. The zero-order chi connectivity index (χ0) is 20.2. The Bertz CT molecular complexity index is 1200. The van der Waals surface area contributed by atoms with Crippen molar-refractivity contribution in [2.75, 3.05) is 0 Å². The second kappa shape index (κ2) is 8.77. The number of nitrogens with zero attached hydrogens (tertiary/aromatic N) is 2. The van der Waals surface area contributed by atoms with Gasteiger partial charge in [-0.3, -0.25) is 0 Å². The zero-order valence-corrected chi connectivity index (χ0v) is 18.7. The van der Waals surface area contributed by atoms with E-state index in [9.17, 15) is 0 Å². The minimum absolute atomic E-state index is 0.784. The summed E-state index contributed by atoms with van der Waals surface area (Å²) in [4.78, 5) is 9.07. The van der Waals surface area contributed by atoms with E-state index in [0.717, 1.165) is 37.4 Å². The second-order valence-corrected chi connectivity index (χ2v) is 10.6. The van der Waals surface area contributed by atoms with Crippen molar-refractivity contribution >= 4 is 21.8 Å². The predicted octanol–water partition coefficient (Wildman–Crippen LogP) is 5.89. The van der Waals surface area contributed by atoms with Crippen LogP contribution in [0.3, 0.4) is 0 Å². The molecule has 0 spiro atoms. The predicted molar refractivity (Wildman–Crippen MR) is 115 cm³/mol. The summed E-state index contributed by atoms with van der Waals surface area (Å²) >= 11 is -2.91. The molecule has 145 valence electrons. The molecule has 0 saturated heterocycles. The van der Waals surface area contributed by atoms with Gasteiger partial charge in [0.15, 0.2) is 0 Å². The van der Waals surface area contributed by atoms with E-state index >= 15 is 0 Å². The summed E-state index contributed by atoms with van der Waals surface area (Å²) in [5.74, 6) is 1.57. The fourth-order valence-corrected chi connectivity index (χ4v) is 7.29. The Labute approximate surface area is 184 Å². The average molecular weight is 471 g/mol. The van der Waals surface area contributed by atoms with Crippen LogP contribution in [0.5, 0.6) is 11.5 Å². The van der Waals surface area contributed by atoms with E-state index in [1.165, 1.54) is 5.56 Å². The molecule has 0 aliphatic rings. The Morgan fingerprint density at radius 1 is 0.567 bits per heavy atom. The molecule has 0 radical (unpaired) electrons. The Morgan fingerprint density at radius 3 is 1.67 bits per heavy atom. The zero-order valence-electron chi connectivity index (χ0n) is 16.2. The Hall–Kier alpha value is -3.04. The summed E-state index contributed by atoms with van der Waals surface area (Å²) in [5.41, 5.74) is 2.95. The number of hydrogen-bond acceptors (Lipinski definition) is 4. The number of benzene rings is 3. The molecule has 5 heteroatoms. The van der Waals surface area contributed by atoms with E-state index in [0.29, 0.717) is 0 Å². The van der Waals surface area contributed by atoms with Crippen LogP contribution in [0.2, 0.25) is 0 Å². The Balaban J connectivity index is 1.51. The molecule has 0 aliphatic carbocycles. The normalized spacial score (nSPS) is 10.8. The van der Waals surface area contributed by atoms with Crippen LogP contribution < -0.4 is 5.63 Å². The van der Waals surface area contributed by atoms with E-state index in [2.05, 4.69) is 34.2 Å². The van der Waals surface area contributed by atoms with Gasteiger partial charge >= 0.3 is 185 Å².